The fourth-order valence-corrected chi connectivity index (χ4v) is 2.79. The van der Waals surface area contributed by atoms with Gasteiger partial charge in [-0.1, -0.05) is 36.4 Å². The molecule has 0 saturated heterocycles. The van der Waals surface area contributed by atoms with Crippen LogP contribution in [0.3, 0.4) is 0 Å². The smallest absolute Gasteiger partial charge is 0.357 e. The molecule has 2 heterocycles. The van der Waals surface area contributed by atoms with Crippen LogP contribution in [0, 0.1) is 11.3 Å². The number of aliphatic hydroxyl groups is 1. The fourth-order valence-electron chi connectivity index (χ4n) is 2.79. The molecule has 0 aliphatic rings. The lowest BCUT2D eigenvalue weighted by Gasteiger charge is -2.06. The van der Waals surface area contributed by atoms with Crippen molar-refractivity contribution in [1.29, 1.82) is 5.26 Å². The van der Waals surface area contributed by atoms with Crippen molar-refractivity contribution in [3.63, 3.8) is 0 Å². The number of nitriles is 1. The number of carbonyl (C=O) groups excluding carboxylic acids is 1. The summed E-state index contributed by atoms with van der Waals surface area (Å²) in [6, 6.07) is 19.8. The Morgan fingerprint density at radius 2 is 1.79 bits per heavy atom. The van der Waals surface area contributed by atoms with E-state index >= 15 is 0 Å². The predicted octanol–water partition coefficient (Wildman–Crippen LogP) is 3.76. The lowest BCUT2D eigenvalue weighted by molar-refractivity contribution is 0.0496. The number of benzene rings is 2. The van der Waals surface area contributed by atoms with Gasteiger partial charge in [-0.15, -0.1) is 0 Å². The highest BCUT2D eigenvalue weighted by molar-refractivity contribution is 5.91. The van der Waals surface area contributed by atoms with Gasteiger partial charge < -0.3 is 14.8 Å². The van der Waals surface area contributed by atoms with Crippen LogP contribution >= 0.6 is 0 Å². The standard InChI is InChI=1S/C21H14N4O3/c22-11-14(20-24-16-7-3-4-8-17(16)25-20)19(26)12-28-21(27)18-10-9-13-5-1-2-6-15(13)23-18/h1-10,26H,12H2,(H,24,25)/b19-14-. The monoisotopic (exact) mass is 370 g/mol. The van der Waals surface area contributed by atoms with Crippen LogP contribution in [-0.4, -0.2) is 32.6 Å². The SMILES string of the molecule is N#C/C(=C(/O)COC(=O)c1ccc2ccccc2n1)c1nc2ccccc2[nH]1. The summed E-state index contributed by atoms with van der Waals surface area (Å²) in [4.78, 5) is 23.7. The topological polar surface area (TPSA) is 112 Å². The molecule has 0 aliphatic heterocycles. The van der Waals surface area contributed by atoms with Gasteiger partial charge in [-0.05, 0) is 24.3 Å². The molecule has 28 heavy (non-hydrogen) atoms. The van der Waals surface area contributed by atoms with E-state index in [0.717, 1.165) is 10.9 Å². The zero-order chi connectivity index (χ0) is 19.5. The van der Waals surface area contributed by atoms with E-state index in [1.807, 2.05) is 42.5 Å². The zero-order valence-corrected chi connectivity index (χ0v) is 14.6. The molecule has 7 nitrogen and oxygen atoms in total. The summed E-state index contributed by atoms with van der Waals surface area (Å²) in [5.41, 5.74) is 2.09. The minimum atomic E-state index is -0.695. The number of rotatable bonds is 4. The Balaban J connectivity index is 1.54. The lowest BCUT2D eigenvalue weighted by Crippen LogP contribution is -2.11. The molecule has 0 aliphatic carbocycles. The van der Waals surface area contributed by atoms with Gasteiger partial charge in [-0.25, -0.2) is 14.8 Å². The number of H-pyrrole nitrogens is 1. The molecule has 0 unspecified atom stereocenters. The third-order valence-corrected chi connectivity index (χ3v) is 4.17. The third kappa shape index (κ3) is 3.27. The summed E-state index contributed by atoms with van der Waals surface area (Å²) in [6.07, 6.45) is 0. The largest absolute Gasteiger partial charge is 0.507 e. The van der Waals surface area contributed by atoms with Gasteiger partial charge in [0.1, 0.15) is 23.9 Å². The van der Waals surface area contributed by atoms with Crippen LogP contribution in [0.25, 0.3) is 27.5 Å². The molecule has 4 rings (SSSR count). The Morgan fingerprint density at radius 1 is 1.04 bits per heavy atom. The molecule has 4 aromatic rings. The predicted molar refractivity (Wildman–Crippen MR) is 103 cm³/mol. The van der Waals surface area contributed by atoms with Crippen LogP contribution in [0.5, 0.6) is 0 Å². The van der Waals surface area contributed by atoms with Crippen molar-refractivity contribution in [2.45, 2.75) is 0 Å². The summed E-state index contributed by atoms with van der Waals surface area (Å²) in [5.74, 6) is -0.879. The summed E-state index contributed by atoms with van der Waals surface area (Å²) in [6.45, 7) is -0.465. The normalized spacial score (nSPS) is 11.8. The maximum Gasteiger partial charge on any atom is 0.357 e. The van der Waals surface area contributed by atoms with E-state index in [1.165, 1.54) is 0 Å². The Bertz CT molecular complexity index is 1230. The number of pyridine rings is 1. The van der Waals surface area contributed by atoms with Crippen molar-refractivity contribution in [2.75, 3.05) is 6.61 Å². The first-order valence-electron chi connectivity index (χ1n) is 8.46. The first-order valence-corrected chi connectivity index (χ1v) is 8.46. The zero-order valence-electron chi connectivity index (χ0n) is 14.6. The van der Waals surface area contributed by atoms with E-state index in [4.69, 9.17) is 4.74 Å². The van der Waals surface area contributed by atoms with Crippen LogP contribution < -0.4 is 0 Å². The molecule has 0 bridgehead atoms. The number of ether oxygens (including phenoxy) is 1. The molecule has 2 aromatic carbocycles. The summed E-state index contributed by atoms with van der Waals surface area (Å²) in [7, 11) is 0. The van der Waals surface area contributed by atoms with Crippen molar-refractivity contribution in [2.24, 2.45) is 0 Å². The number of aromatic amines is 1. The number of nitrogens with zero attached hydrogens (tertiary/aromatic N) is 3. The first kappa shape index (κ1) is 17.2. The van der Waals surface area contributed by atoms with Crippen molar-refractivity contribution in [3.8, 4) is 6.07 Å². The number of hydrogen-bond donors (Lipinski definition) is 2. The minimum absolute atomic E-state index is 0.0875. The van der Waals surface area contributed by atoms with Crippen LogP contribution in [-0.2, 0) is 4.74 Å². The molecule has 0 spiro atoms. The Morgan fingerprint density at radius 3 is 2.57 bits per heavy atom. The lowest BCUT2D eigenvalue weighted by atomic mass is 10.2. The van der Waals surface area contributed by atoms with Gasteiger partial charge in [0, 0.05) is 5.39 Å². The molecule has 2 aromatic heterocycles. The number of nitrogens with one attached hydrogen (secondary N) is 1. The molecule has 0 fully saturated rings. The van der Waals surface area contributed by atoms with Crippen molar-refractivity contribution >= 4 is 33.5 Å². The molecule has 0 amide bonds. The number of esters is 1. The molecular formula is C21H14N4O3. The number of allylic oxidation sites excluding steroid dienone is 1. The molecule has 7 heteroatoms. The second-order valence-corrected chi connectivity index (χ2v) is 6.00. The summed E-state index contributed by atoms with van der Waals surface area (Å²) < 4.78 is 5.12. The van der Waals surface area contributed by atoms with E-state index < -0.39 is 18.3 Å². The average molecular weight is 370 g/mol. The Hall–Kier alpha value is -4.18. The number of aromatic nitrogens is 3. The molecule has 0 saturated carbocycles. The highest BCUT2D eigenvalue weighted by Crippen LogP contribution is 2.19. The van der Waals surface area contributed by atoms with Gasteiger partial charge in [-0.2, -0.15) is 5.26 Å². The fraction of sp³-hybridized carbons (Fsp3) is 0.0476. The van der Waals surface area contributed by atoms with Gasteiger partial charge in [0.2, 0.25) is 0 Å². The highest BCUT2D eigenvalue weighted by Gasteiger charge is 2.16. The third-order valence-electron chi connectivity index (χ3n) is 4.17. The van der Waals surface area contributed by atoms with E-state index in [9.17, 15) is 15.2 Å². The van der Waals surface area contributed by atoms with E-state index in [1.54, 1.807) is 24.3 Å². The maximum atomic E-state index is 12.3. The van der Waals surface area contributed by atoms with E-state index in [0.29, 0.717) is 11.0 Å². The number of aliphatic hydroxyl groups excluding tert-OH is 1. The van der Waals surface area contributed by atoms with E-state index in [-0.39, 0.29) is 17.1 Å². The van der Waals surface area contributed by atoms with Gasteiger partial charge in [0.05, 0.1) is 16.6 Å². The summed E-state index contributed by atoms with van der Waals surface area (Å²) >= 11 is 0. The van der Waals surface area contributed by atoms with Gasteiger partial charge in [0.25, 0.3) is 0 Å². The van der Waals surface area contributed by atoms with Crippen LogP contribution in [0.2, 0.25) is 0 Å². The number of fused-ring (bicyclic) bond motifs is 2. The van der Waals surface area contributed by atoms with Crippen LogP contribution in [0.1, 0.15) is 16.3 Å². The second-order valence-electron chi connectivity index (χ2n) is 6.00. The number of imidazole rings is 1. The molecule has 0 atom stereocenters. The first-order chi connectivity index (χ1) is 13.7. The number of hydrogen-bond acceptors (Lipinski definition) is 6. The quantitative estimate of drug-likeness (QED) is 0.321. The van der Waals surface area contributed by atoms with Crippen LogP contribution in [0.4, 0.5) is 0 Å². The van der Waals surface area contributed by atoms with Crippen LogP contribution in [0.15, 0.2) is 66.4 Å². The van der Waals surface area contributed by atoms with Gasteiger partial charge in [0.15, 0.2) is 11.6 Å². The van der Waals surface area contributed by atoms with E-state index in [2.05, 4.69) is 15.0 Å². The van der Waals surface area contributed by atoms with Gasteiger partial charge in [-0.3, -0.25) is 0 Å². The molecular weight excluding hydrogens is 356 g/mol. The average Bonchev–Trinajstić information content (AvgIpc) is 3.15. The Labute approximate surface area is 159 Å². The highest BCUT2D eigenvalue weighted by atomic mass is 16.5. The second kappa shape index (κ2) is 7.21. The Kier molecular flexibility index (Phi) is 4.44. The molecule has 0 radical (unpaired) electrons. The molecule has 136 valence electrons. The minimum Gasteiger partial charge on any atom is -0.507 e. The summed E-state index contributed by atoms with van der Waals surface area (Å²) in [5, 5.41) is 20.6. The van der Waals surface area contributed by atoms with Crippen molar-refractivity contribution in [1.82, 2.24) is 15.0 Å². The molecule has 2 N–H and O–H groups in total. The van der Waals surface area contributed by atoms with Crippen molar-refractivity contribution in [3.05, 3.63) is 77.9 Å². The van der Waals surface area contributed by atoms with Gasteiger partial charge >= 0.3 is 5.97 Å². The number of carbonyl (C=O) groups is 1. The maximum absolute atomic E-state index is 12.3. The van der Waals surface area contributed by atoms with Crippen molar-refractivity contribution < 1.29 is 14.6 Å². The number of para-hydroxylation sites is 3.